The van der Waals surface area contributed by atoms with Gasteiger partial charge < -0.3 is 10.2 Å². The molecule has 0 saturated carbocycles. The molecule has 2 aromatic carbocycles. The van der Waals surface area contributed by atoms with Crippen LogP contribution in [0.25, 0.3) is 0 Å². The summed E-state index contributed by atoms with van der Waals surface area (Å²) in [7, 11) is 0. The third kappa shape index (κ3) is 3.90. The zero-order chi connectivity index (χ0) is 17.8. The Morgan fingerprint density at radius 1 is 0.960 bits per heavy atom. The van der Waals surface area contributed by atoms with Gasteiger partial charge in [-0.05, 0) is 48.6 Å². The second-order valence-corrected chi connectivity index (χ2v) is 6.78. The topological polar surface area (TPSA) is 49.4 Å². The Bertz CT molecular complexity index is 760. The number of nitrogens with one attached hydrogen (secondary N) is 1. The Morgan fingerprint density at radius 3 is 2.24 bits per heavy atom. The zero-order valence-electron chi connectivity index (χ0n) is 14.8. The predicted molar refractivity (Wildman–Crippen MR) is 100 cm³/mol. The Kier molecular flexibility index (Phi) is 5.17. The van der Waals surface area contributed by atoms with Crippen LogP contribution in [0.2, 0.25) is 0 Å². The third-order valence-corrected chi connectivity index (χ3v) is 4.64. The molecular weight excluding hydrogens is 312 g/mol. The number of anilines is 1. The number of para-hydroxylation sites is 1. The Morgan fingerprint density at radius 2 is 1.60 bits per heavy atom. The maximum absolute atomic E-state index is 12.7. The average Bonchev–Trinajstić information content (AvgIpc) is 3.16. The first-order valence-corrected chi connectivity index (χ1v) is 8.86. The minimum atomic E-state index is -0.197. The molecule has 0 spiro atoms. The fourth-order valence-electron chi connectivity index (χ4n) is 3.08. The maximum atomic E-state index is 12.7. The van der Waals surface area contributed by atoms with Crippen molar-refractivity contribution in [3.05, 3.63) is 65.2 Å². The standard InChI is InChI=1S/C21H24N2O2/c1-15(2)16-9-11-17(12-10-16)20(24)22-19-8-4-3-7-18(19)21(25)23-13-5-6-14-23/h3-4,7-12,15H,5-6,13-14H2,1-2H3,(H,22,24). The fourth-order valence-corrected chi connectivity index (χ4v) is 3.08. The minimum absolute atomic E-state index is 0.0106. The van der Waals surface area contributed by atoms with Gasteiger partial charge in [-0.25, -0.2) is 0 Å². The summed E-state index contributed by atoms with van der Waals surface area (Å²) in [6.45, 7) is 5.82. The fraction of sp³-hybridized carbons (Fsp3) is 0.333. The van der Waals surface area contributed by atoms with Crippen molar-refractivity contribution < 1.29 is 9.59 Å². The monoisotopic (exact) mass is 336 g/mol. The second kappa shape index (κ2) is 7.51. The highest BCUT2D eigenvalue weighted by Crippen LogP contribution is 2.21. The molecule has 1 aliphatic heterocycles. The molecule has 0 unspecified atom stereocenters. The van der Waals surface area contributed by atoms with E-state index in [1.807, 2.05) is 41.3 Å². The van der Waals surface area contributed by atoms with Crippen molar-refractivity contribution in [3.8, 4) is 0 Å². The number of carbonyl (C=O) groups is 2. The summed E-state index contributed by atoms with van der Waals surface area (Å²) in [5.41, 5.74) is 2.91. The smallest absolute Gasteiger partial charge is 0.255 e. The lowest BCUT2D eigenvalue weighted by Gasteiger charge is -2.18. The molecule has 130 valence electrons. The minimum Gasteiger partial charge on any atom is -0.339 e. The second-order valence-electron chi connectivity index (χ2n) is 6.78. The van der Waals surface area contributed by atoms with Crippen molar-refractivity contribution in [1.29, 1.82) is 0 Å². The van der Waals surface area contributed by atoms with E-state index in [1.165, 1.54) is 5.56 Å². The average molecular weight is 336 g/mol. The van der Waals surface area contributed by atoms with E-state index in [0.29, 0.717) is 22.7 Å². The first kappa shape index (κ1) is 17.2. The summed E-state index contributed by atoms with van der Waals surface area (Å²) in [6.07, 6.45) is 2.09. The molecule has 1 N–H and O–H groups in total. The van der Waals surface area contributed by atoms with Crippen molar-refractivity contribution >= 4 is 17.5 Å². The van der Waals surface area contributed by atoms with E-state index in [9.17, 15) is 9.59 Å². The van der Waals surface area contributed by atoms with E-state index in [1.54, 1.807) is 12.1 Å². The lowest BCUT2D eigenvalue weighted by molar-refractivity contribution is 0.0794. The van der Waals surface area contributed by atoms with Crippen LogP contribution >= 0.6 is 0 Å². The first-order chi connectivity index (χ1) is 12.1. The summed E-state index contributed by atoms with van der Waals surface area (Å²) in [4.78, 5) is 27.1. The molecule has 0 atom stereocenters. The van der Waals surface area contributed by atoms with Crippen LogP contribution in [0.15, 0.2) is 48.5 Å². The molecule has 0 bridgehead atoms. The number of hydrogen-bond acceptors (Lipinski definition) is 2. The predicted octanol–water partition coefficient (Wildman–Crippen LogP) is 4.30. The van der Waals surface area contributed by atoms with Crippen molar-refractivity contribution in [3.63, 3.8) is 0 Å². The van der Waals surface area contributed by atoms with Gasteiger partial charge in [0.05, 0.1) is 11.3 Å². The van der Waals surface area contributed by atoms with Crippen LogP contribution in [0.3, 0.4) is 0 Å². The number of likely N-dealkylation sites (tertiary alicyclic amines) is 1. The van der Waals surface area contributed by atoms with Crippen LogP contribution < -0.4 is 5.32 Å². The van der Waals surface area contributed by atoms with Crippen LogP contribution in [0.5, 0.6) is 0 Å². The van der Waals surface area contributed by atoms with Crippen molar-refractivity contribution in [2.45, 2.75) is 32.6 Å². The Labute approximate surface area is 148 Å². The van der Waals surface area contributed by atoms with Gasteiger partial charge in [0.25, 0.3) is 11.8 Å². The number of benzene rings is 2. The van der Waals surface area contributed by atoms with Crippen molar-refractivity contribution in [2.75, 3.05) is 18.4 Å². The SMILES string of the molecule is CC(C)c1ccc(C(=O)Nc2ccccc2C(=O)N2CCCC2)cc1. The summed E-state index contributed by atoms with van der Waals surface area (Å²) < 4.78 is 0. The zero-order valence-corrected chi connectivity index (χ0v) is 14.8. The Hall–Kier alpha value is -2.62. The first-order valence-electron chi connectivity index (χ1n) is 8.86. The molecule has 0 radical (unpaired) electrons. The number of rotatable bonds is 4. The lowest BCUT2D eigenvalue weighted by Crippen LogP contribution is -2.28. The van der Waals surface area contributed by atoms with Crippen LogP contribution in [0, 0.1) is 0 Å². The number of nitrogens with zero attached hydrogens (tertiary/aromatic N) is 1. The lowest BCUT2D eigenvalue weighted by atomic mass is 10.0. The number of hydrogen-bond donors (Lipinski definition) is 1. The largest absolute Gasteiger partial charge is 0.339 e. The molecule has 0 aliphatic carbocycles. The van der Waals surface area contributed by atoms with Gasteiger partial charge in [0.1, 0.15) is 0 Å². The molecule has 25 heavy (non-hydrogen) atoms. The molecule has 1 fully saturated rings. The summed E-state index contributed by atoms with van der Waals surface area (Å²) in [5.74, 6) is 0.219. The summed E-state index contributed by atoms with van der Waals surface area (Å²) >= 11 is 0. The molecule has 1 saturated heterocycles. The van der Waals surface area contributed by atoms with E-state index in [2.05, 4.69) is 19.2 Å². The molecule has 4 heteroatoms. The molecular formula is C21H24N2O2. The van der Waals surface area contributed by atoms with Gasteiger partial charge in [-0.2, -0.15) is 0 Å². The van der Waals surface area contributed by atoms with E-state index in [0.717, 1.165) is 25.9 Å². The molecule has 1 aliphatic rings. The number of amides is 2. The van der Waals surface area contributed by atoms with Gasteiger partial charge in [0.2, 0.25) is 0 Å². The van der Waals surface area contributed by atoms with Crippen LogP contribution in [-0.2, 0) is 0 Å². The molecule has 1 heterocycles. The molecule has 4 nitrogen and oxygen atoms in total. The van der Waals surface area contributed by atoms with Crippen LogP contribution in [-0.4, -0.2) is 29.8 Å². The third-order valence-electron chi connectivity index (χ3n) is 4.64. The van der Waals surface area contributed by atoms with Crippen LogP contribution in [0.4, 0.5) is 5.69 Å². The van der Waals surface area contributed by atoms with E-state index >= 15 is 0 Å². The van der Waals surface area contributed by atoms with Gasteiger partial charge in [-0.1, -0.05) is 38.1 Å². The van der Waals surface area contributed by atoms with Gasteiger partial charge >= 0.3 is 0 Å². The molecule has 0 aromatic heterocycles. The quantitative estimate of drug-likeness (QED) is 0.905. The van der Waals surface area contributed by atoms with E-state index in [4.69, 9.17) is 0 Å². The normalized spacial score (nSPS) is 14.0. The summed E-state index contributed by atoms with van der Waals surface area (Å²) in [5, 5.41) is 2.89. The Balaban J connectivity index is 1.78. The molecule has 3 rings (SSSR count). The van der Waals surface area contributed by atoms with E-state index < -0.39 is 0 Å². The highest BCUT2D eigenvalue weighted by Gasteiger charge is 2.22. The number of carbonyl (C=O) groups excluding carboxylic acids is 2. The highest BCUT2D eigenvalue weighted by molar-refractivity contribution is 6.09. The van der Waals surface area contributed by atoms with Crippen LogP contribution in [0.1, 0.15) is 58.9 Å². The molecule has 2 amide bonds. The van der Waals surface area contributed by atoms with Crippen molar-refractivity contribution in [1.82, 2.24) is 4.90 Å². The summed E-state index contributed by atoms with van der Waals surface area (Å²) in [6, 6.07) is 14.8. The highest BCUT2D eigenvalue weighted by atomic mass is 16.2. The van der Waals surface area contributed by atoms with Crippen molar-refractivity contribution in [2.24, 2.45) is 0 Å². The van der Waals surface area contributed by atoms with Gasteiger partial charge in [-0.15, -0.1) is 0 Å². The molecule has 2 aromatic rings. The van der Waals surface area contributed by atoms with Gasteiger partial charge in [0, 0.05) is 18.7 Å². The van der Waals surface area contributed by atoms with Gasteiger partial charge in [-0.3, -0.25) is 9.59 Å². The maximum Gasteiger partial charge on any atom is 0.255 e. The van der Waals surface area contributed by atoms with E-state index in [-0.39, 0.29) is 11.8 Å². The van der Waals surface area contributed by atoms with Gasteiger partial charge in [0.15, 0.2) is 0 Å².